The highest BCUT2D eigenvalue weighted by atomic mass is 79.9. The van der Waals surface area contributed by atoms with E-state index in [1.54, 1.807) is 0 Å². The zero-order valence-corrected chi connectivity index (χ0v) is 11.4. The molecule has 1 aromatic rings. The number of rotatable bonds is 6. The highest BCUT2D eigenvalue weighted by Gasteiger charge is 1.99. The topological polar surface area (TPSA) is 12.0 Å². The van der Waals surface area contributed by atoms with Crippen molar-refractivity contribution in [2.45, 2.75) is 25.8 Å². The number of benzene rings is 1. The van der Waals surface area contributed by atoms with Crippen LogP contribution in [0.5, 0.6) is 0 Å². The second-order valence-corrected chi connectivity index (χ2v) is 4.86. The summed E-state index contributed by atoms with van der Waals surface area (Å²) >= 11 is 9.36. The van der Waals surface area contributed by atoms with Crippen molar-refractivity contribution in [3.05, 3.63) is 33.3 Å². The van der Waals surface area contributed by atoms with E-state index in [1.165, 1.54) is 5.56 Å². The van der Waals surface area contributed by atoms with Crippen molar-refractivity contribution < 1.29 is 0 Å². The molecule has 0 aliphatic heterocycles. The summed E-state index contributed by atoms with van der Waals surface area (Å²) in [6.45, 7) is 1.85. The van der Waals surface area contributed by atoms with Crippen LogP contribution in [0.1, 0.15) is 24.8 Å². The average molecular weight is 301 g/mol. The fraction of sp³-hybridized carbons (Fsp3) is 0.385. The van der Waals surface area contributed by atoms with Gasteiger partial charge in [0.2, 0.25) is 0 Å². The molecule has 16 heavy (non-hydrogen) atoms. The fourth-order valence-corrected chi connectivity index (χ4v) is 2.19. The molecule has 0 fully saturated rings. The largest absolute Gasteiger partial charge is 0.313 e. The third-order valence-electron chi connectivity index (χ3n) is 2.26. The first kappa shape index (κ1) is 13.6. The lowest BCUT2D eigenvalue weighted by Crippen LogP contribution is -2.14. The Hall–Kier alpha value is -0.490. The second kappa shape index (κ2) is 7.73. The predicted molar refractivity (Wildman–Crippen MR) is 73.5 cm³/mol. The molecular weight excluding hydrogens is 286 g/mol. The second-order valence-electron chi connectivity index (χ2n) is 3.57. The first-order valence-corrected chi connectivity index (χ1v) is 6.49. The Kier molecular flexibility index (Phi) is 6.56. The number of unbranched alkanes of at least 4 members (excludes halogenated alkanes) is 2. The summed E-state index contributed by atoms with van der Waals surface area (Å²) in [6.07, 6.45) is 8.26. The first-order chi connectivity index (χ1) is 7.74. The number of hydrogen-bond acceptors (Lipinski definition) is 1. The average Bonchev–Trinajstić information content (AvgIpc) is 2.26. The molecule has 0 saturated heterocycles. The zero-order valence-electron chi connectivity index (χ0n) is 9.10. The summed E-state index contributed by atoms with van der Waals surface area (Å²) in [4.78, 5) is 0. The molecule has 1 N–H and O–H groups in total. The molecule has 86 valence electrons. The third-order valence-corrected chi connectivity index (χ3v) is 3.23. The highest BCUT2D eigenvalue weighted by Crippen LogP contribution is 2.21. The van der Waals surface area contributed by atoms with Gasteiger partial charge in [-0.15, -0.1) is 12.3 Å². The Balaban J connectivity index is 2.25. The lowest BCUT2D eigenvalue weighted by molar-refractivity contribution is 0.629. The molecule has 0 unspecified atom stereocenters. The van der Waals surface area contributed by atoms with Gasteiger partial charge in [0.25, 0.3) is 0 Å². The monoisotopic (exact) mass is 299 g/mol. The maximum atomic E-state index is 5.87. The summed E-state index contributed by atoms with van der Waals surface area (Å²) in [7, 11) is 0. The molecule has 0 aliphatic carbocycles. The van der Waals surface area contributed by atoms with Gasteiger partial charge < -0.3 is 5.32 Å². The van der Waals surface area contributed by atoms with Gasteiger partial charge in [0, 0.05) is 22.5 Å². The smallest absolute Gasteiger partial charge is 0.0417 e. The van der Waals surface area contributed by atoms with E-state index in [9.17, 15) is 0 Å². The van der Waals surface area contributed by atoms with Crippen molar-refractivity contribution in [2.24, 2.45) is 0 Å². The van der Waals surface area contributed by atoms with Crippen LogP contribution in [-0.2, 0) is 6.54 Å². The lowest BCUT2D eigenvalue weighted by Gasteiger charge is -2.06. The van der Waals surface area contributed by atoms with Crippen LogP contribution in [0, 0.1) is 12.3 Å². The van der Waals surface area contributed by atoms with E-state index in [0.717, 1.165) is 41.8 Å². The highest BCUT2D eigenvalue weighted by molar-refractivity contribution is 9.10. The van der Waals surface area contributed by atoms with Crippen LogP contribution in [0.25, 0.3) is 0 Å². The minimum Gasteiger partial charge on any atom is -0.313 e. The molecule has 1 aromatic carbocycles. The van der Waals surface area contributed by atoms with Crippen LogP contribution in [0.2, 0.25) is 5.02 Å². The van der Waals surface area contributed by atoms with Gasteiger partial charge >= 0.3 is 0 Å². The van der Waals surface area contributed by atoms with E-state index >= 15 is 0 Å². The van der Waals surface area contributed by atoms with Gasteiger partial charge in [0.1, 0.15) is 0 Å². The van der Waals surface area contributed by atoms with Crippen molar-refractivity contribution in [3.63, 3.8) is 0 Å². The van der Waals surface area contributed by atoms with Gasteiger partial charge in [0.15, 0.2) is 0 Å². The Bertz CT molecular complexity index is 371. The van der Waals surface area contributed by atoms with Crippen LogP contribution in [0.15, 0.2) is 22.7 Å². The standard InChI is InChI=1S/C13H15BrClN/c1-2-3-4-5-8-16-10-11-6-7-12(15)9-13(11)14/h1,6-7,9,16H,3-5,8,10H2. The summed E-state index contributed by atoms with van der Waals surface area (Å²) < 4.78 is 1.05. The normalized spacial score (nSPS) is 10.1. The zero-order chi connectivity index (χ0) is 11.8. The Labute approximate surface area is 111 Å². The summed E-state index contributed by atoms with van der Waals surface area (Å²) in [5.74, 6) is 2.64. The van der Waals surface area contributed by atoms with Gasteiger partial charge in [-0.2, -0.15) is 0 Å². The van der Waals surface area contributed by atoms with Gasteiger partial charge in [-0.3, -0.25) is 0 Å². The summed E-state index contributed by atoms with van der Waals surface area (Å²) in [6, 6.07) is 5.85. The fourth-order valence-electron chi connectivity index (χ4n) is 1.37. The van der Waals surface area contributed by atoms with E-state index < -0.39 is 0 Å². The minimum atomic E-state index is 0.754. The van der Waals surface area contributed by atoms with Gasteiger partial charge in [-0.05, 0) is 37.1 Å². The maximum Gasteiger partial charge on any atom is 0.0417 e. The number of terminal acetylenes is 1. The van der Waals surface area contributed by atoms with Crippen LogP contribution >= 0.6 is 27.5 Å². The Morgan fingerprint density at radius 2 is 2.19 bits per heavy atom. The molecule has 0 amide bonds. The quantitative estimate of drug-likeness (QED) is 0.618. The SMILES string of the molecule is C#CCCCCNCc1ccc(Cl)cc1Br. The molecule has 0 aliphatic rings. The molecule has 3 heteroatoms. The maximum absolute atomic E-state index is 5.87. The van der Waals surface area contributed by atoms with Crippen LogP contribution < -0.4 is 5.32 Å². The Morgan fingerprint density at radius 1 is 1.38 bits per heavy atom. The van der Waals surface area contributed by atoms with Gasteiger partial charge in [-0.1, -0.05) is 33.6 Å². The Morgan fingerprint density at radius 3 is 2.88 bits per heavy atom. The molecule has 0 heterocycles. The van der Waals surface area contributed by atoms with E-state index in [2.05, 4.69) is 27.2 Å². The van der Waals surface area contributed by atoms with Crippen LogP contribution in [0.3, 0.4) is 0 Å². The molecule has 0 saturated carbocycles. The molecular formula is C13H15BrClN. The molecule has 0 spiro atoms. The van der Waals surface area contributed by atoms with Crippen molar-refractivity contribution >= 4 is 27.5 Å². The molecule has 0 atom stereocenters. The first-order valence-electron chi connectivity index (χ1n) is 5.32. The molecule has 1 nitrogen and oxygen atoms in total. The van der Waals surface area contributed by atoms with E-state index in [4.69, 9.17) is 18.0 Å². The van der Waals surface area contributed by atoms with Crippen molar-refractivity contribution in [1.29, 1.82) is 0 Å². The lowest BCUT2D eigenvalue weighted by atomic mass is 10.2. The number of nitrogens with one attached hydrogen (secondary N) is 1. The van der Waals surface area contributed by atoms with Crippen LogP contribution in [-0.4, -0.2) is 6.54 Å². The van der Waals surface area contributed by atoms with Crippen molar-refractivity contribution in [3.8, 4) is 12.3 Å². The van der Waals surface area contributed by atoms with E-state index in [-0.39, 0.29) is 0 Å². The van der Waals surface area contributed by atoms with Gasteiger partial charge in [-0.25, -0.2) is 0 Å². The summed E-state index contributed by atoms with van der Waals surface area (Å²) in [5.41, 5.74) is 1.22. The minimum absolute atomic E-state index is 0.754. The molecule has 0 radical (unpaired) electrons. The predicted octanol–water partition coefficient (Wildman–Crippen LogP) is 4.00. The molecule has 0 bridgehead atoms. The third kappa shape index (κ3) is 5.03. The van der Waals surface area contributed by atoms with E-state index in [1.807, 2.05) is 18.2 Å². The molecule has 1 rings (SSSR count). The number of hydrogen-bond donors (Lipinski definition) is 1. The van der Waals surface area contributed by atoms with Crippen molar-refractivity contribution in [2.75, 3.05) is 6.54 Å². The van der Waals surface area contributed by atoms with Crippen molar-refractivity contribution in [1.82, 2.24) is 5.32 Å². The summed E-state index contributed by atoms with van der Waals surface area (Å²) in [5, 5.41) is 4.13. The number of halogens is 2. The van der Waals surface area contributed by atoms with E-state index in [0.29, 0.717) is 0 Å². The van der Waals surface area contributed by atoms with Crippen LogP contribution in [0.4, 0.5) is 0 Å². The van der Waals surface area contributed by atoms with Gasteiger partial charge in [0.05, 0.1) is 0 Å². The molecule has 0 aromatic heterocycles.